The quantitative estimate of drug-likeness (QED) is 0.0512. The van der Waals surface area contributed by atoms with E-state index in [1.54, 1.807) is 18.2 Å². The first-order valence-corrected chi connectivity index (χ1v) is 22.9. The molecular formula is C46H49ClN6O7S. The molecule has 1 unspecified atom stereocenters. The summed E-state index contributed by atoms with van der Waals surface area (Å²) < 4.78 is 41.3. The van der Waals surface area contributed by atoms with E-state index in [1.165, 1.54) is 12.1 Å². The van der Waals surface area contributed by atoms with Gasteiger partial charge in [0.15, 0.2) is 5.76 Å². The molecule has 15 heteroatoms. The maximum atomic E-state index is 13.9. The van der Waals surface area contributed by atoms with Gasteiger partial charge in [-0.25, -0.2) is 13.1 Å². The number of nitrogens with zero attached hydrogens (tertiary/aromatic N) is 2. The fourth-order valence-corrected chi connectivity index (χ4v) is 10.8. The highest BCUT2D eigenvalue weighted by Crippen LogP contribution is 2.59. The van der Waals surface area contributed by atoms with Crippen molar-refractivity contribution < 1.29 is 32.7 Å². The number of H-pyrrole nitrogens is 1. The van der Waals surface area contributed by atoms with Crippen LogP contribution in [0.2, 0.25) is 5.02 Å². The van der Waals surface area contributed by atoms with Gasteiger partial charge in [-0.1, -0.05) is 42.3 Å². The van der Waals surface area contributed by atoms with Crippen LogP contribution in [-0.4, -0.2) is 79.6 Å². The van der Waals surface area contributed by atoms with E-state index in [-0.39, 0.29) is 39.3 Å². The minimum atomic E-state index is -4.42. The zero-order valence-corrected chi connectivity index (χ0v) is 35.3. The lowest BCUT2D eigenvalue weighted by atomic mass is 9.66. The third-order valence-electron chi connectivity index (χ3n) is 13.0. The second kappa shape index (κ2) is 17.1. The molecule has 1 spiro atoms. The summed E-state index contributed by atoms with van der Waals surface area (Å²) in [6.07, 6.45) is 11.0. The number of hydrogen-bond donors (Lipinski definition) is 5. The minimum absolute atomic E-state index is 0.0606. The second-order valence-corrected chi connectivity index (χ2v) is 18.9. The summed E-state index contributed by atoms with van der Waals surface area (Å²) in [5, 5.41) is 14.8. The maximum absolute atomic E-state index is 13.9. The van der Waals surface area contributed by atoms with Crippen LogP contribution in [0.5, 0.6) is 5.75 Å². The number of β-lactam (4-membered cyclic amide) rings is 1. The number of anilines is 2. The van der Waals surface area contributed by atoms with E-state index in [0.29, 0.717) is 73.4 Å². The molecule has 4 heterocycles. The van der Waals surface area contributed by atoms with Gasteiger partial charge in [-0.05, 0) is 116 Å². The highest BCUT2D eigenvalue weighted by Gasteiger charge is 2.61. The van der Waals surface area contributed by atoms with Gasteiger partial charge in [0, 0.05) is 67.6 Å². The van der Waals surface area contributed by atoms with Crippen LogP contribution in [0.4, 0.5) is 11.4 Å². The maximum Gasteiger partial charge on any atom is 0.277 e. The number of aromatic nitrogens is 1. The Balaban J connectivity index is 0.918. The Hall–Kier alpha value is -5.46. The molecule has 2 aliphatic carbocycles. The molecule has 3 saturated heterocycles. The number of likely N-dealkylation sites (tertiary alicyclic amines) is 2. The number of rotatable bonds is 13. The molecule has 0 bridgehead atoms. The van der Waals surface area contributed by atoms with Gasteiger partial charge in [0.05, 0.1) is 33.4 Å². The van der Waals surface area contributed by atoms with Crippen molar-refractivity contribution in [1.29, 1.82) is 0 Å². The Bertz CT molecular complexity index is 2570. The molecule has 1 atom stereocenters. The standard InChI is InChI=1S/C46H49ClN6O7S/c47-34-5-3-32(4-6-34)43-46(18-1-2-19-46)45(55)53(43)29-31-14-21-52(22-15-31)35-7-10-38(42(26-35)60-36-8-11-39-33(25-36)13-20-48-39)44(54)51-61(57,58)37-9-12-40(41(27-37)50-56)49-28-30-16-23-59-24-17-30/h3-6,8-9,11-13,20,25-27,30-31,43,48-50,56H,1-2,14-19,21-24,28-29H2,(H,51,54). The Morgan fingerprint density at radius 1 is 0.951 bits per heavy atom. The number of carbonyl (C=O) groups is 2. The molecule has 3 aliphatic heterocycles. The number of carbonyl (C=O) groups excluding carboxylic acids is 2. The molecule has 318 valence electrons. The lowest BCUT2D eigenvalue weighted by Crippen LogP contribution is -2.63. The molecule has 0 radical (unpaired) electrons. The zero-order chi connectivity index (χ0) is 42.1. The fourth-order valence-electron chi connectivity index (χ4n) is 9.65. The van der Waals surface area contributed by atoms with Crippen LogP contribution in [0, 0.1) is 17.3 Å². The van der Waals surface area contributed by atoms with Crippen molar-refractivity contribution in [3.8, 4) is 5.75 Å². The largest absolute Gasteiger partial charge is 0.456 e. The van der Waals surface area contributed by atoms with Gasteiger partial charge in [0.1, 0.15) is 11.3 Å². The predicted molar refractivity (Wildman–Crippen MR) is 231 cm³/mol. The summed E-state index contributed by atoms with van der Waals surface area (Å²) in [6.45, 7) is 4.07. The molecule has 1 aromatic heterocycles. The van der Waals surface area contributed by atoms with Crippen LogP contribution >= 0.6 is 11.6 Å². The van der Waals surface area contributed by atoms with Gasteiger partial charge in [0.2, 0.25) is 5.91 Å². The lowest BCUT2D eigenvalue weighted by Gasteiger charge is -2.56. The summed E-state index contributed by atoms with van der Waals surface area (Å²) >= 11 is 6.24. The van der Waals surface area contributed by atoms with Crippen LogP contribution in [0.15, 0.2) is 112 Å². The molecule has 61 heavy (non-hydrogen) atoms. The molecular weight excluding hydrogens is 816 g/mol. The first-order chi connectivity index (χ1) is 29.6. The minimum Gasteiger partial charge on any atom is -0.456 e. The van der Waals surface area contributed by atoms with Crippen LogP contribution in [0.3, 0.4) is 0 Å². The van der Waals surface area contributed by atoms with E-state index in [0.717, 1.165) is 67.8 Å². The number of benzene rings is 3. The average molecular weight is 865 g/mol. The number of piperidine rings is 1. The van der Waals surface area contributed by atoms with Crippen molar-refractivity contribution in [2.24, 2.45) is 17.3 Å². The van der Waals surface area contributed by atoms with Crippen molar-refractivity contribution in [3.63, 3.8) is 0 Å². The van der Waals surface area contributed by atoms with Gasteiger partial charge in [-0.2, -0.15) is 0 Å². The number of nitrogens with one attached hydrogen (secondary N) is 4. The average Bonchev–Trinajstić information content (AvgIpc) is 3.98. The number of allylic oxidation sites excluding steroid dienone is 1. The van der Waals surface area contributed by atoms with Crippen LogP contribution < -0.4 is 20.3 Å². The van der Waals surface area contributed by atoms with Gasteiger partial charge in [-0.3, -0.25) is 20.3 Å². The second-order valence-electron chi connectivity index (χ2n) is 16.7. The van der Waals surface area contributed by atoms with Crippen LogP contribution in [0.25, 0.3) is 10.9 Å². The summed E-state index contributed by atoms with van der Waals surface area (Å²) in [6, 6.07) is 19.6. The van der Waals surface area contributed by atoms with E-state index in [1.807, 2.05) is 36.5 Å². The smallest absolute Gasteiger partial charge is 0.277 e. The molecule has 4 fully saturated rings. The molecule has 2 amide bonds. The first kappa shape index (κ1) is 40.9. The van der Waals surface area contributed by atoms with Crippen LogP contribution in [0.1, 0.15) is 63.0 Å². The van der Waals surface area contributed by atoms with Crippen LogP contribution in [-0.2, 0) is 24.3 Å². The van der Waals surface area contributed by atoms with E-state index in [9.17, 15) is 23.2 Å². The van der Waals surface area contributed by atoms with Gasteiger partial charge in [-0.15, -0.1) is 0 Å². The molecule has 5 N–H and O–H groups in total. The topological polar surface area (TPSA) is 165 Å². The van der Waals surface area contributed by atoms with Crippen molar-refractivity contribution >= 4 is 55.7 Å². The molecule has 5 aliphatic rings. The number of hydrogen-bond acceptors (Lipinski definition) is 10. The highest BCUT2D eigenvalue weighted by atomic mass is 35.5. The third-order valence-corrected chi connectivity index (χ3v) is 14.6. The zero-order valence-electron chi connectivity index (χ0n) is 33.7. The third kappa shape index (κ3) is 8.32. The van der Waals surface area contributed by atoms with Crippen molar-refractivity contribution in [3.05, 3.63) is 118 Å². The number of amides is 2. The number of sulfonamides is 1. The Kier molecular flexibility index (Phi) is 11.5. The molecule has 1 saturated carbocycles. The van der Waals surface area contributed by atoms with E-state index >= 15 is 0 Å². The fraction of sp³-hybridized carbons (Fsp3) is 0.391. The molecule has 13 nitrogen and oxygen atoms in total. The summed E-state index contributed by atoms with van der Waals surface area (Å²) in [7, 11) is -4.42. The van der Waals surface area contributed by atoms with Crippen molar-refractivity contribution in [2.45, 2.75) is 62.3 Å². The van der Waals surface area contributed by atoms with Crippen molar-refractivity contribution in [1.82, 2.24) is 19.5 Å². The van der Waals surface area contributed by atoms with Gasteiger partial charge in [0.25, 0.3) is 15.9 Å². The Labute approximate surface area is 360 Å². The van der Waals surface area contributed by atoms with E-state index in [4.69, 9.17) is 21.1 Å². The Morgan fingerprint density at radius 3 is 2.48 bits per heavy atom. The Morgan fingerprint density at radius 2 is 1.72 bits per heavy atom. The number of halogens is 1. The number of fused-ring (bicyclic) bond motifs is 1. The predicted octanol–water partition coefficient (Wildman–Crippen LogP) is 7.66. The van der Waals surface area contributed by atoms with E-state index in [2.05, 4.69) is 53.9 Å². The molecule has 9 rings (SSSR count). The molecule has 3 aromatic carbocycles. The number of aromatic amines is 1. The summed E-state index contributed by atoms with van der Waals surface area (Å²) in [4.78, 5) is 34.8. The van der Waals surface area contributed by atoms with Gasteiger partial charge < -0.3 is 29.6 Å². The molecule has 4 aromatic rings. The van der Waals surface area contributed by atoms with E-state index < -0.39 is 15.9 Å². The first-order valence-electron chi connectivity index (χ1n) is 21.1. The highest BCUT2D eigenvalue weighted by molar-refractivity contribution is 7.90. The lowest BCUT2D eigenvalue weighted by molar-refractivity contribution is -0.175. The monoisotopic (exact) mass is 864 g/mol. The van der Waals surface area contributed by atoms with Crippen molar-refractivity contribution in [2.75, 3.05) is 50.2 Å². The normalized spacial score (nSPS) is 20.6. The number of ether oxygens (including phenoxy) is 2. The SMILES string of the molecule is O=C(NS(=O)(=O)c1ccc(NCC2CCOCC2)c(NO)c1)C1=C=C=C(N2CCC(CN3C(=O)C4(CCCC4)C3c3ccc(Cl)cc3)CC2)C=C1Oc1ccc2[nH]ccc2c1. The van der Waals surface area contributed by atoms with Gasteiger partial charge >= 0.3 is 0 Å². The summed E-state index contributed by atoms with van der Waals surface area (Å²) in [5.41, 5.74) is 11.0. The summed E-state index contributed by atoms with van der Waals surface area (Å²) in [5.74, 6) is 0.569.